The third kappa shape index (κ3) is 5.16. The van der Waals surface area contributed by atoms with Gasteiger partial charge in [-0.2, -0.15) is 0 Å². The van der Waals surface area contributed by atoms with E-state index in [2.05, 4.69) is 41.2 Å². The lowest BCUT2D eigenvalue weighted by molar-refractivity contribution is 0.250. The maximum Gasteiger partial charge on any atom is 0.200 e. The maximum absolute atomic E-state index is 12.8. The first-order valence-electron chi connectivity index (χ1n) is 11.8. The summed E-state index contributed by atoms with van der Waals surface area (Å²) in [5.74, 6) is 2.23. The first-order chi connectivity index (χ1) is 14.2. The molecule has 1 aromatic rings. The van der Waals surface area contributed by atoms with Crippen molar-refractivity contribution in [3.63, 3.8) is 0 Å². The summed E-state index contributed by atoms with van der Waals surface area (Å²) in [5, 5.41) is 11.7. The van der Waals surface area contributed by atoms with Gasteiger partial charge in [-0.25, -0.2) is 8.42 Å². The van der Waals surface area contributed by atoms with Crippen LogP contribution in [0.3, 0.4) is 0 Å². The van der Waals surface area contributed by atoms with Crippen LogP contribution in [0.1, 0.15) is 72.1 Å². The molecule has 2 heterocycles. The Labute approximate surface area is 182 Å². The Morgan fingerprint density at radius 3 is 2.27 bits per heavy atom. The van der Waals surface area contributed by atoms with E-state index in [-0.39, 0.29) is 10.3 Å². The second kappa shape index (κ2) is 8.73. The number of nitrogens with one attached hydrogen (secondary N) is 1. The van der Waals surface area contributed by atoms with E-state index in [1.54, 1.807) is 12.1 Å². The molecule has 0 bridgehead atoms. The fraction of sp³-hybridized carbons (Fsp3) is 0.826. The number of hydrogen-bond donors (Lipinski definition) is 1. The van der Waals surface area contributed by atoms with Crippen molar-refractivity contribution in [1.82, 2.24) is 15.1 Å². The summed E-state index contributed by atoms with van der Waals surface area (Å²) in [6.45, 7) is 10.6. The van der Waals surface area contributed by atoms with Crippen molar-refractivity contribution < 1.29 is 8.42 Å². The fourth-order valence-electron chi connectivity index (χ4n) is 5.50. The SMILES string of the molecule is CC(C)(C)CCN1CC2CC(Nc3ccc(S(=O)(=O)C4CCCCC4)nn3)CC2C1. The van der Waals surface area contributed by atoms with Crippen LogP contribution < -0.4 is 5.32 Å². The third-order valence-corrected chi connectivity index (χ3v) is 9.43. The van der Waals surface area contributed by atoms with Crippen LogP contribution in [-0.2, 0) is 9.84 Å². The molecule has 3 fully saturated rings. The number of likely N-dealkylation sites (tertiary alicyclic amines) is 1. The highest BCUT2D eigenvalue weighted by molar-refractivity contribution is 7.92. The van der Waals surface area contributed by atoms with E-state index in [1.165, 1.54) is 38.9 Å². The van der Waals surface area contributed by atoms with Gasteiger partial charge < -0.3 is 10.2 Å². The van der Waals surface area contributed by atoms with E-state index in [4.69, 9.17) is 0 Å². The minimum atomic E-state index is -3.35. The molecule has 2 aliphatic carbocycles. The van der Waals surface area contributed by atoms with Gasteiger partial charge in [0.2, 0.25) is 0 Å². The Morgan fingerprint density at radius 1 is 1.03 bits per heavy atom. The molecule has 0 radical (unpaired) electrons. The molecule has 1 N–H and O–H groups in total. The lowest BCUT2D eigenvalue weighted by Crippen LogP contribution is -2.28. The van der Waals surface area contributed by atoms with Gasteiger partial charge in [0.05, 0.1) is 5.25 Å². The summed E-state index contributed by atoms with van der Waals surface area (Å²) >= 11 is 0. The van der Waals surface area contributed by atoms with Gasteiger partial charge in [-0.1, -0.05) is 40.0 Å². The molecular weight excluding hydrogens is 396 g/mol. The number of aromatic nitrogens is 2. The molecule has 0 aromatic carbocycles. The molecule has 4 rings (SSSR count). The van der Waals surface area contributed by atoms with Crippen molar-refractivity contribution >= 4 is 15.7 Å². The quantitative estimate of drug-likeness (QED) is 0.725. The molecule has 3 aliphatic rings. The van der Waals surface area contributed by atoms with E-state index in [1.807, 2.05) is 0 Å². The minimum Gasteiger partial charge on any atom is -0.366 e. The standard InChI is InChI=1S/C23H38N4O2S/c1-23(2,3)11-12-27-15-17-13-19(14-18(17)16-27)24-21-9-10-22(26-25-21)30(28,29)20-7-5-4-6-8-20/h9-10,17-20H,4-8,11-16H2,1-3H3,(H,24,25). The summed E-state index contributed by atoms with van der Waals surface area (Å²) in [6.07, 6.45) is 8.21. The average molecular weight is 435 g/mol. The van der Waals surface area contributed by atoms with Crippen LogP contribution in [-0.4, -0.2) is 54.4 Å². The Morgan fingerprint density at radius 2 is 1.70 bits per heavy atom. The van der Waals surface area contributed by atoms with Crippen molar-refractivity contribution in [3.05, 3.63) is 12.1 Å². The molecule has 1 saturated heterocycles. The van der Waals surface area contributed by atoms with Gasteiger partial charge in [-0.05, 0) is 68.0 Å². The zero-order valence-corrected chi connectivity index (χ0v) is 19.6. The lowest BCUT2D eigenvalue weighted by atomic mass is 9.92. The monoisotopic (exact) mass is 434 g/mol. The number of rotatable bonds is 6. The molecule has 2 atom stereocenters. The normalized spacial score (nSPS) is 28.6. The van der Waals surface area contributed by atoms with Gasteiger partial charge in [-0.3, -0.25) is 0 Å². The topological polar surface area (TPSA) is 75.2 Å². The molecule has 30 heavy (non-hydrogen) atoms. The highest BCUT2D eigenvalue weighted by atomic mass is 32.2. The molecule has 0 amide bonds. The van der Waals surface area contributed by atoms with Crippen molar-refractivity contribution in [3.8, 4) is 0 Å². The van der Waals surface area contributed by atoms with Crippen molar-refractivity contribution in [2.24, 2.45) is 17.3 Å². The smallest absolute Gasteiger partial charge is 0.200 e. The molecule has 0 spiro atoms. The van der Waals surface area contributed by atoms with Crippen molar-refractivity contribution in [2.45, 2.75) is 88.5 Å². The zero-order chi connectivity index (χ0) is 21.4. The van der Waals surface area contributed by atoms with Gasteiger partial charge in [0.25, 0.3) is 0 Å². The molecule has 1 aromatic heterocycles. The molecule has 7 heteroatoms. The van der Waals surface area contributed by atoms with Crippen molar-refractivity contribution in [2.75, 3.05) is 25.0 Å². The van der Waals surface area contributed by atoms with E-state index in [0.29, 0.717) is 17.3 Å². The fourth-order valence-corrected chi connectivity index (χ4v) is 7.20. The third-order valence-electron chi connectivity index (χ3n) is 7.28. The number of anilines is 1. The zero-order valence-electron chi connectivity index (χ0n) is 18.8. The number of hydrogen-bond acceptors (Lipinski definition) is 6. The van der Waals surface area contributed by atoms with Gasteiger partial charge in [0, 0.05) is 19.1 Å². The molecule has 2 saturated carbocycles. The second-order valence-electron chi connectivity index (χ2n) is 11.0. The van der Waals surface area contributed by atoms with Gasteiger partial charge in [0.1, 0.15) is 5.82 Å². The average Bonchev–Trinajstić information content (AvgIpc) is 3.25. The van der Waals surface area contributed by atoms with Crippen LogP contribution in [0.15, 0.2) is 17.2 Å². The minimum absolute atomic E-state index is 0.137. The predicted octanol–water partition coefficient (Wildman–Crippen LogP) is 4.14. The highest BCUT2D eigenvalue weighted by Crippen LogP contribution is 2.39. The summed E-state index contributed by atoms with van der Waals surface area (Å²) in [6, 6.07) is 3.86. The number of nitrogens with zero attached hydrogens (tertiary/aromatic N) is 3. The summed E-state index contributed by atoms with van der Waals surface area (Å²) in [4.78, 5) is 2.64. The molecule has 168 valence electrons. The summed E-state index contributed by atoms with van der Waals surface area (Å²) < 4.78 is 25.6. The molecule has 2 unspecified atom stereocenters. The first-order valence-corrected chi connectivity index (χ1v) is 13.3. The number of sulfone groups is 1. The largest absolute Gasteiger partial charge is 0.366 e. The van der Waals surface area contributed by atoms with Crippen LogP contribution in [0.25, 0.3) is 0 Å². The Balaban J connectivity index is 1.28. The highest BCUT2D eigenvalue weighted by Gasteiger charge is 2.41. The Kier molecular flexibility index (Phi) is 6.40. The van der Waals surface area contributed by atoms with Crippen LogP contribution >= 0.6 is 0 Å². The van der Waals surface area contributed by atoms with E-state index < -0.39 is 9.84 Å². The molecular formula is C23H38N4O2S. The van der Waals surface area contributed by atoms with Gasteiger partial charge >= 0.3 is 0 Å². The van der Waals surface area contributed by atoms with E-state index in [9.17, 15) is 8.42 Å². The van der Waals surface area contributed by atoms with Crippen LogP contribution in [0.5, 0.6) is 0 Å². The summed E-state index contributed by atoms with van der Waals surface area (Å²) in [5.41, 5.74) is 0.400. The second-order valence-corrected chi connectivity index (χ2v) is 13.1. The van der Waals surface area contributed by atoms with Gasteiger partial charge in [-0.15, -0.1) is 10.2 Å². The Hall–Kier alpha value is -1.21. The summed E-state index contributed by atoms with van der Waals surface area (Å²) in [7, 11) is -3.35. The van der Waals surface area contributed by atoms with Crippen LogP contribution in [0.2, 0.25) is 0 Å². The Bertz CT molecular complexity index is 799. The van der Waals surface area contributed by atoms with E-state index in [0.717, 1.165) is 43.9 Å². The maximum atomic E-state index is 12.8. The van der Waals surface area contributed by atoms with Crippen LogP contribution in [0.4, 0.5) is 5.82 Å². The van der Waals surface area contributed by atoms with Gasteiger partial charge in [0.15, 0.2) is 14.9 Å². The molecule has 6 nitrogen and oxygen atoms in total. The lowest BCUT2D eigenvalue weighted by Gasteiger charge is -2.24. The van der Waals surface area contributed by atoms with Crippen molar-refractivity contribution in [1.29, 1.82) is 0 Å². The first kappa shape index (κ1) is 22.0. The number of fused-ring (bicyclic) bond motifs is 1. The predicted molar refractivity (Wildman–Crippen MR) is 120 cm³/mol. The van der Waals surface area contributed by atoms with Crippen LogP contribution in [0, 0.1) is 17.3 Å². The molecule has 1 aliphatic heterocycles. The van der Waals surface area contributed by atoms with E-state index >= 15 is 0 Å².